The minimum absolute atomic E-state index is 0.102. The van der Waals surface area contributed by atoms with Crippen LogP contribution in [0.1, 0.15) is 62.7 Å². The number of piperidine rings is 1. The number of aromatic nitrogens is 1. The van der Waals surface area contributed by atoms with Gasteiger partial charge in [-0.3, -0.25) is 9.69 Å². The molecule has 0 spiro atoms. The second kappa shape index (κ2) is 13.9. The SMILES string of the molecule is CC(C)(CNC1CC2CCC(C1)N2c1ccc(C(=O)NCC(F)(F)F)cn1)Oc1cc(OCCN2CCCC2)c(Cl)cc1Cl. The van der Waals surface area contributed by atoms with Crippen molar-refractivity contribution in [2.45, 2.75) is 82.3 Å². The van der Waals surface area contributed by atoms with Gasteiger partial charge in [-0.15, -0.1) is 0 Å². The van der Waals surface area contributed by atoms with E-state index >= 15 is 0 Å². The van der Waals surface area contributed by atoms with Crippen molar-refractivity contribution in [2.75, 3.05) is 44.2 Å². The second-order valence-electron chi connectivity index (χ2n) is 12.5. The van der Waals surface area contributed by atoms with E-state index in [1.54, 1.807) is 18.2 Å². The Morgan fingerprint density at radius 1 is 1.02 bits per heavy atom. The normalized spacial score (nSPS) is 22.3. The minimum atomic E-state index is -4.46. The van der Waals surface area contributed by atoms with E-state index in [4.69, 9.17) is 32.7 Å². The lowest BCUT2D eigenvalue weighted by atomic mass is 9.96. The van der Waals surface area contributed by atoms with Crippen LogP contribution in [-0.4, -0.2) is 85.0 Å². The third kappa shape index (κ3) is 8.62. The molecule has 1 amide bonds. The molecule has 0 aliphatic carbocycles. The summed E-state index contributed by atoms with van der Waals surface area (Å²) in [5, 5.41) is 6.46. The van der Waals surface area contributed by atoms with E-state index in [1.807, 2.05) is 19.2 Å². The van der Waals surface area contributed by atoms with E-state index in [0.29, 0.717) is 34.7 Å². The Bertz CT molecular complexity index is 1280. The van der Waals surface area contributed by atoms with Gasteiger partial charge in [0.15, 0.2) is 0 Å². The lowest BCUT2D eigenvalue weighted by Gasteiger charge is -2.41. The zero-order chi connectivity index (χ0) is 31.5. The molecule has 2 bridgehead atoms. The van der Waals surface area contributed by atoms with E-state index in [0.717, 1.165) is 51.1 Å². The molecule has 1 aromatic carbocycles. The van der Waals surface area contributed by atoms with Gasteiger partial charge in [0.25, 0.3) is 5.91 Å². The van der Waals surface area contributed by atoms with Gasteiger partial charge in [0.2, 0.25) is 0 Å². The Morgan fingerprint density at radius 3 is 2.34 bits per heavy atom. The third-order valence-corrected chi connectivity index (χ3v) is 9.10. The van der Waals surface area contributed by atoms with Crippen molar-refractivity contribution in [1.29, 1.82) is 0 Å². The highest BCUT2D eigenvalue weighted by Crippen LogP contribution is 2.40. The largest absolute Gasteiger partial charge is 0.491 e. The number of nitrogens with one attached hydrogen (secondary N) is 2. The highest BCUT2D eigenvalue weighted by atomic mass is 35.5. The van der Waals surface area contributed by atoms with Crippen molar-refractivity contribution in [2.24, 2.45) is 0 Å². The highest BCUT2D eigenvalue weighted by molar-refractivity contribution is 6.36. The standard InChI is InChI=1S/C31H40Cl2F3N5O3/c1-30(2,44-27-16-26(24(32)15-25(27)33)43-12-11-40-9-3-4-10-40)18-38-21-13-22-6-7-23(14-21)41(22)28-8-5-20(17-37-28)29(42)39-19-31(34,35)36/h5,8,15-17,21-23,38H,3-4,6-7,9-14,18-19H2,1-2H3,(H,39,42). The number of ether oxygens (including phenoxy) is 2. The monoisotopic (exact) mass is 657 g/mol. The number of hydrogen-bond donors (Lipinski definition) is 2. The van der Waals surface area contributed by atoms with Crippen molar-refractivity contribution in [3.05, 3.63) is 46.1 Å². The molecule has 3 aliphatic heterocycles. The summed E-state index contributed by atoms with van der Waals surface area (Å²) in [4.78, 5) is 21.2. The summed E-state index contributed by atoms with van der Waals surface area (Å²) >= 11 is 12.9. The van der Waals surface area contributed by atoms with Gasteiger partial charge in [-0.2, -0.15) is 13.2 Å². The van der Waals surface area contributed by atoms with Crippen molar-refractivity contribution >= 4 is 34.9 Å². The van der Waals surface area contributed by atoms with Gasteiger partial charge in [0.1, 0.15) is 36.1 Å². The molecule has 242 valence electrons. The van der Waals surface area contributed by atoms with Crippen LogP contribution in [0.5, 0.6) is 11.5 Å². The first kappa shape index (κ1) is 32.9. The average Bonchev–Trinajstić information content (AvgIpc) is 3.58. The molecule has 3 saturated heterocycles. The van der Waals surface area contributed by atoms with E-state index < -0.39 is 24.2 Å². The summed E-state index contributed by atoms with van der Waals surface area (Å²) in [6, 6.07) is 7.52. The Kier molecular flexibility index (Phi) is 10.4. The van der Waals surface area contributed by atoms with Gasteiger partial charge in [0, 0.05) is 43.5 Å². The summed E-state index contributed by atoms with van der Waals surface area (Å²) in [5.74, 6) is 1.03. The smallest absolute Gasteiger partial charge is 0.405 e. The number of benzene rings is 1. The molecule has 44 heavy (non-hydrogen) atoms. The summed E-state index contributed by atoms with van der Waals surface area (Å²) in [6.07, 6.45) is 3.23. The first-order valence-electron chi connectivity index (χ1n) is 15.2. The number of rotatable bonds is 12. The molecular formula is C31H40Cl2F3N5O3. The van der Waals surface area contributed by atoms with Gasteiger partial charge in [-0.25, -0.2) is 4.98 Å². The van der Waals surface area contributed by atoms with E-state index in [9.17, 15) is 18.0 Å². The van der Waals surface area contributed by atoms with Crippen LogP contribution in [0.15, 0.2) is 30.5 Å². The number of pyridine rings is 1. The van der Waals surface area contributed by atoms with Gasteiger partial charge >= 0.3 is 6.18 Å². The molecular weight excluding hydrogens is 618 g/mol. The lowest BCUT2D eigenvalue weighted by Crippen LogP contribution is -2.52. The third-order valence-electron chi connectivity index (χ3n) is 8.51. The minimum Gasteiger partial charge on any atom is -0.491 e. The Labute approximate surface area is 266 Å². The number of carbonyl (C=O) groups is 1. The van der Waals surface area contributed by atoms with Crippen molar-refractivity contribution in [3.63, 3.8) is 0 Å². The molecule has 0 radical (unpaired) electrons. The van der Waals surface area contributed by atoms with Crippen LogP contribution in [0.25, 0.3) is 0 Å². The van der Waals surface area contributed by atoms with Crippen LogP contribution in [-0.2, 0) is 0 Å². The molecule has 13 heteroatoms. The number of nitrogens with zero attached hydrogens (tertiary/aromatic N) is 3. The number of carbonyl (C=O) groups excluding carboxylic acids is 1. The van der Waals surface area contributed by atoms with E-state index in [2.05, 4.69) is 20.1 Å². The van der Waals surface area contributed by atoms with Crippen LogP contribution in [0.2, 0.25) is 10.0 Å². The lowest BCUT2D eigenvalue weighted by molar-refractivity contribution is -0.123. The van der Waals surface area contributed by atoms with Crippen molar-refractivity contribution in [1.82, 2.24) is 20.5 Å². The number of hydrogen-bond acceptors (Lipinski definition) is 7. The summed E-state index contributed by atoms with van der Waals surface area (Å²) < 4.78 is 49.7. The maximum absolute atomic E-state index is 12.4. The first-order valence-corrected chi connectivity index (χ1v) is 16.0. The fourth-order valence-corrected chi connectivity index (χ4v) is 6.86. The number of halogens is 5. The van der Waals surface area contributed by atoms with Crippen LogP contribution in [0.4, 0.5) is 19.0 Å². The molecule has 1 aromatic heterocycles. The number of anilines is 1. The molecule has 0 saturated carbocycles. The Hall–Kier alpha value is -2.47. The molecule has 4 heterocycles. The van der Waals surface area contributed by atoms with Gasteiger partial charge < -0.3 is 25.0 Å². The first-order chi connectivity index (χ1) is 20.9. The van der Waals surface area contributed by atoms with Crippen molar-refractivity contribution < 1.29 is 27.4 Å². The van der Waals surface area contributed by atoms with Crippen LogP contribution >= 0.6 is 23.2 Å². The maximum atomic E-state index is 12.4. The molecule has 2 N–H and O–H groups in total. The molecule has 3 aliphatic rings. The summed E-state index contributed by atoms with van der Waals surface area (Å²) in [6.45, 7) is 6.86. The number of alkyl halides is 3. The topological polar surface area (TPSA) is 79.0 Å². The maximum Gasteiger partial charge on any atom is 0.405 e. The van der Waals surface area contributed by atoms with Gasteiger partial charge in [-0.05, 0) is 83.7 Å². The average molecular weight is 659 g/mol. The number of fused-ring (bicyclic) bond motifs is 2. The fraction of sp³-hybridized carbons (Fsp3) is 0.613. The molecule has 2 unspecified atom stereocenters. The number of amides is 1. The molecule has 5 rings (SSSR count). The number of likely N-dealkylation sites (tertiary alicyclic amines) is 1. The molecule has 2 aromatic rings. The predicted octanol–water partition coefficient (Wildman–Crippen LogP) is 6.10. The summed E-state index contributed by atoms with van der Waals surface area (Å²) in [5.41, 5.74) is -0.462. The van der Waals surface area contributed by atoms with E-state index in [-0.39, 0.29) is 23.7 Å². The Morgan fingerprint density at radius 2 is 1.70 bits per heavy atom. The van der Waals surface area contributed by atoms with Crippen LogP contribution < -0.4 is 25.0 Å². The zero-order valence-corrected chi connectivity index (χ0v) is 26.6. The molecule has 2 atom stereocenters. The second-order valence-corrected chi connectivity index (χ2v) is 13.3. The quantitative estimate of drug-likeness (QED) is 0.286. The fourth-order valence-electron chi connectivity index (χ4n) is 6.39. The van der Waals surface area contributed by atoms with E-state index in [1.165, 1.54) is 25.1 Å². The molecule has 8 nitrogen and oxygen atoms in total. The van der Waals surface area contributed by atoms with Crippen LogP contribution in [0, 0.1) is 0 Å². The predicted molar refractivity (Wildman–Crippen MR) is 165 cm³/mol. The van der Waals surface area contributed by atoms with Crippen molar-refractivity contribution in [3.8, 4) is 11.5 Å². The van der Waals surface area contributed by atoms with Crippen LogP contribution in [0.3, 0.4) is 0 Å². The summed E-state index contributed by atoms with van der Waals surface area (Å²) in [7, 11) is 0. The van der Waals surface area contributed by atoms with Gasteiger partial charge in [-0.1, -0.05) is 23.2 Å². The zero-order valence-electron chi connectivity index (χ0n) is 25.1. The highest BCUT2D eigenvalue weighted by Gasteiger charge is 2.41. The molecule has 3 fully saturated rings. The van der Waals surface area contributed by atoms with Gasteiger partial charge in [0.05, 0.1) is 15.6 Å². The Balaban J connectivity index is 1.12.